The van der Waals surface area contributed by atoms with Gasteiger partial charge in [0.1, 0.15) is 5.75 Å². The van der Waals surface area contributed by atoms with Crippen LogP contribution in [-0.2, 0) is 5.75 Å². The van der Waals surface area contributed by atoms with Crippen molar-refractivity contribution in [3.8, 4) is 5.75 Å². The molecule has 0 spiro atoms. The third kappa shape index (κ3) is 3.97. The SMILES string of the molecule is COc1ccc(Nc2nnc(SCc3cc(=O)n4c(C)csc4n3)s2)cc1. The Bertz CT molecular complexity index is 1130. The summed E-state index contributed by atoms with van der Waals surface area (Å²) in [5.41, 5.74) is 2.52. The van der Waals surface area contributed by atoms with Gasteiger partial charge in [-0.05, 0) is 31.2 Å². The maximum atomic E-state index is 12.2. The van der Waals surface area contributed by atoms with Crippen molar-refractivity contribution in [1.29, 1.82) is 0 Å². The predicted molar refractivity (Wildman–Crippen MR) is 110 cm³/mol. The van der Waals surface area contributed by atoms with Crippen LogP contribution >= 0.6 is 34.4 Å². The van der Waals surface area contributed by atoms with Crippen LogP contribution in [0.25, 0.3) is 4.96 Å². The van der Waals surface area contributed by atoms with Crippen LogP contribution < -0.4 is 15.6 Å². The lowest BCUT2D eigenvalue weighted by Crippen LogP contribution is -2.14. The van der Waals surface area contributed by atoms with Crippen molar-refractivity contribution >= 4 is 50.2 Å². The molecule has 10 heteroatoms. The molecule has 0 aliphatic heterocycles. The topological polar surface area (TPSA) is 81.4 Å². The molecule has 0 radical (unpaired) electrons. The van der Waals surface area contributed by atoms with Gasteiger partial charge in [-0.3, -0.25) is 9.20 Å². The Morgan fingerprint density at radius 2 is 2.07 bits per heavy atom. The Balaban J connectivity index is 1.42. The molecule has 1 aromatic carbocycles. The number of anilines is 2. The molecule has 0 bridgehead atoms. The first-order chi connectivity index (χ1) is 13.1. The van der Waals surface area contributed by atoms with Crippen LogP contribution in [0.15, 0.2) is 44.8 Å². The maximum absolute atomic E-state index is 12.2. The number of nitrogens with one attached hydrogen (secondary N) is 1. The number of aromatic nitrogens is 4. The van der Waals surface area contributed by atoms with Crippen molar-refractivity contribution in [1.82, 2.24) is 19.6 Å². The summed E-state index contributed by atoms with van der Waals surface area (Å²) in [5, 5.41) is 14.2. The monoisotopic (exact) mass is 417 g/mol. The fourth-order valence-corrected chi connectivity index (χ4v) is 4.98. The Morgan fingerprint density at radius 1 is 1.26 bits per heavy atom. The minimum atomic E-state index is -0.0477. The van der Waals surface area contributed by atoms with Crippen molar-refractivity contribution in [3.05, 3.63) is 57.5 Å². The highest BCUT2D eigenvalue weighted by Gasteiger charge is 2.09. The number of hydrogen-bond acceptors (Lipinski definition) is 9. The van der Waals surface area contributed by atoms with Gasteiger partial charge in [0.2, 0.25) is 5.13 Å². The second-order valence-electron chi connectivity index (χ2n) is 5.60. The average Bonchev–Trinajstić information content (AvgIpc) is 3.27. The summed E-state index contributed by atoms with van der Waals surface area (Å²) < 4.78 is 7.59. The fraction of sp³-hybridized carbons (Fsp3) is 0.176. The Labute approximate surface area is 167 Å². The van der Waals surface area contributed by atoms with Gasteiger partial charge in [0.05, 0.1) is 12.8 Å². The summed E-state index contributed by atoms with van der Waals surface area (Å²) in [6.07, 6.45) is 0. The highest BCUT2D eigenvalue weighted by atomic mass is 32.2. The number of methoxy groups -OCH3 is 1. The van der Waals surface area contributed by atoms with Gasteiger partial charge in [-0.25, -0.2) is 4.98 Å². The first-order valence-corrected chi connectivity index (χ1v) is 10.6. The largest absolute Gasteiger partial charge is 0.497 e. The van der Waals surface area contributed by atoms with Crippen LogP contribution in [0.5, 0.6) is 5.75 Å². The Kier molecular flexibility index (Phi) is 5.10. The number of nitrogens with zero attached hydrogens (tertiary/aromatic N) is 4. The van der Waals surface area contributed by atoms with E-state index in [2.05, 4.69) is 20.5 Å². The summed E-state index contributed by atoms with van der Waals surface area (Å²) in [4.78, 5) is 17.5. The molecule has 4 rings (SSSR count). The number of hydrogen-bond donors (Lipinski definition) is 1. The smallest absolute Gasteiger partial charge is 0.258 e. The minimum Gasteiger partial charge on any atom is -0.497 e. The van der Waals surface area contributed by atoms with E-state index in [0.717, 1.165) is 32.1 Å². The van der Waals surface area contributed by atoms with Crippen molar-refractivity contribution in [2.75, 3.05) is 12.4 Å². The molecule has 0 fully saturated rings. The highest BCUT2D eigenvalue weighted by Crippen LogP contribution is 2.30. The van der Waals surface area contributed by atoms with Gasteiger partial charge >= 0.3 is 0 Å². The lowest BCUT2D eigenvalue weighted by Gasteiger charge is -2.03. The molecular formula is C17H15N5O2S3. The van der Waals surface area contributed by atoms with Crippen molar-refractivity contribution in [2.24, 2.45) is 0 Å². The van der Waals surface area contributed by atoms with Gasteiger partial charge in [0.25, 0.3) is 5.56 Å². The van der Waals surface area contributed by atoms with Gasteiger partial charge in [-0.1, -0.05) is 23.1 Å². The third-order valence-corrected chi connectivity index (χ3v) is 6.67. The molecule has 3 heterocycles. The quantitative estimate of drug-likeness (QED) is 0.476. The second kappa shape index (κ2) is 7.67. The average molecular weight is 418 g/mol. The predicted octanol–water partition coefficient (Wildman–Crippen LogP) is 3.96. The van der Waals surface area contributed by atoms with Gasteiger partial charge < -0.3 is 10.1 Å². The van der Waals surface area contributed by atoms with Gasteiger partial charge in [0.15, 0.2) is 9.30 Å². The number of fused-ring (bicyclic) bond motifs is 1. The molecule has 4 aromatic rings. The third-order valence-electron chi connectivity index (χ3n) is 3.72. The summed E-state index contributed by atoms with van der Waals surface area (Å²) in [6.45, 7) is 1.90. The normalized spacial score (nSPS) is 11.0. The summed E-state index contributed by atoms with van der Waals surface area (Å²) in [6, 6.07) is 9.18. The Morgan fingerprint density at radius 3 is 2.85 bits per heavy atom. The van der Waals surface area contributed by atoms with E-state index in [4.69, 9.17) is 4.74 Å². The van der Waals surface area contributed by atoms with Crippen molar-refractivity contribution in [3.63, 3.8) is 0 Å². The molecule has 0 saturated heterocycles. The van der Waals surface area contributed by atoms with E-state index in [1.165, 1.54) is 34.4 Å². The van der Waals surface area contributed by atoms with Gasteiger partial charge in [0, 0.05) is 28.6 Å². The first kappa shape index (κ1) is 18.0. The van der Waals surface area contributed by atoms with Crippen LogP contribution in [0.3, 0.4) is 0 Å². The zero-order valence-corrected chi connectivity index (χ0v) is 17.0. The number of rotatable bonds is 6. The number of thioether (sulfide) groups is 1. The van der Waals surface area contributed by atoms with Crippen LogP contribution in [0.1, 0.15) is 11.4 Å². The number of benzene rings is 1. The summed E-state index contributed by atoms with van der Waals surface area (Å²) in [5.74, 6) is 1.37. The highest BCUT2D eigenvalue weighted by molar-refractivity contribution is 8.00. The van der Waals surface area contributed by atoms with E-state index in [1.54, 1.807) is 17.6 Å². The number of thiazole rings is 1. The number of ether oxygens (including phenoxy) is 1. The summed E-state index contributed by atoms with van der Waals surface area (Å²) in [7, 11) is 1.64. The minimum absolute atomic E-state index is 0.0477. The second-order valence-corrected chi connectivity index (χ2v) is 8.63. The van der Waals surface area contributed by atoms with Gasteiger partial charge in [-0.2, -0.15) is 0 Å². The van der Waals surface area contributed by atoms with Crippen molar-refractivity contribution in [2.45, 2.75) is 17.0 Å². The van der Waals surface area contributed by atoms with Crippen LogP contribution in [0.4, 0.5) is 10.8 Å². The zero-order chi connectivity index (χ0) is 18.8. The molecule has 0 atom stereocenters. The lowest BCUT2D eigenvalue weighted by molar-refractivity contribution is 0.415. The molecule has 0 amide bonds. The Hall–Kier alpha value is -2.43. The molecule has 27 heavy (non-hydrogen) atoms. The van der Waals surface area contributed by atoms with E-state index in [-0.39, 0.29) is 5.56 Å². The molecule has 0 unspecified atom stereocenters. The number of aryl methyl sites for hydroxylation is 1. The van der Waals surface area contributed by atoms with E-state index in [1.807, 2.05) is 36.6 Å². The molecule has 1 N–H and O–H groups in total. The molecule has 0 aliphatic carbocycles. The molecule has 138 valence electrons. The van der Waals surface area contributed by atoms with E-state index < -0.39 is 0 Å². The fourth-order valence-electron chi connectivity index (χ4n) is 2.43. The van der Waals surface area contributed by atoms with E-state index in [9.17, 15) is 4.79 Å². The molecule has 0 saturated carbocycles. The standard InChI is InChI=1S/C17H15N5O2S3/c1-10-8-25-16-19-12(7-14(23)22(10)16)9-26-17-21-20-15(27-17)18-11-3-5-13(24-2)6-4-11/h3-8H,9H2,1-2H3,(H,18,20). The first-order valence-electron chi connectivity index (χ1n) is 7.96. The molecular weight excluding hydrogens is 402 g/mol. The van der Waals surface area contributed by atoms with Crippen LogP contribution in [-0.4, -0.2) is 26.7 Å². The summed E-state index contributed by atoms with van der Waals surface area (Å²) >= 11 is 4.44. The zero-order valence-electron chi connectivity index (χ0n) is 14.5. The molecule has 3 aromatic heterocycles. The van der Waals surface area contributed by atoms with E-state index in [0.29, 0.717) is 10.9 Å². The van der Waals surface area contributed by atoms with Gasteiger partial charge in [-0.15, -0.1) is 21.5 Å². The van der Waals surface area contributed by atoms with Crippen LogP contribution in [0, 0.1) is 6.92 Å². The maximum Gasteiger partial charge on any atom is 0.258 e. The van der Waals surface area contributed by atoms with Crippen LogP contribution in [0.2, 0.25) is 0 Å². The van der Waals surface area contributed by atoms with E-state index >= 15 is 0 Å². The molecule has 0 aliphatic rings. The lowest BCUT2D eigenvalue weighted by atomic mass is 10.3. The molecule has 7 nitrogen and oxygen atoms in total. The van der Waals surface area contributed by atoms with Crippen molar-refractivity contribution < 1.29 is 4.74 Å².